The average Bonchev–Trinajstić information content (AvgIpc) is 2.27. The van der Waals surface area contributed by atoms with E-state index in [0.29, 0.717) is 16.0 Å². The molecule has 0 radical (unpaired) electrons. The molecule has 1 aromatic carbocycles. The maximum absolute atomic E-state index is 12.2. The molecule has 0 N–H and O–H groups in total. The lowest BCUT2D eigenvalue weighted by atomic mass is 9.99. The van der Waals surface area contributed by atoms with Crippen molar-refractivity contribution in [2.45, 2.75) is 12.7 Å². The van der Waals surface area contributed by atoms with Crippen LogP contribution in [0.5, 0.6) is 0 Å². The molecule has 17 heavy (non-hydrogen) atoms. The fourth-order valence-corrected chi connectivity index (χ4v) is 1.77. The molecule has 0 bridgehead atoms. The number of halogens is 3. The van der Waals surface area contributed by atoms with Gasteiger partial charge in [-0.05, 0) is 5.56 Å². The summed E-state index contributed by atoms with van der Waals surface area (Å²) >= 11 is 0. The fourth-order valence-electron chi connectivity index (χ4n) is 1.77. The number of alkyl halides is 3. The molecule has 1 heterocycles. The average molecular weight is 243 g/mol. The Bertz CT molecular complexity index is 482. The van der Waals surface area contributed by atoms with Crippen LogP contribution in [0.1, 0.15) is 15.9 Å². The SMILES string of the molecule is O=C1CN(C(=O)C(F)(F)F)Cc2ccccc21. The highest BCUT2D eigenvalue weighted by Gasteiger charge is 2.44. The maximum Gasteiger partial charge on any atom is 0.471 e. The van der Waals surface area contributed by atoms with Gasteiger partial charge in [0.25, 0.3) is 0 Å². The molecule has 0 fully saturated rings. The van der Waals surface area contributed by atoms with Gasteiger partial charge in [-0.15, -0.1) is 0 Å². The van der Waals surface area contributed by atoms with E-state index in [0.717, 1.165) is 0 Å². The topological polar surface area (TPSA) is 37.4 Å². The first kappa shape index (κ1) is 11.6. The largest absolute Gasteiger partial charge is 0.471 e. The van der Waals surface area contributed by atoms with Crippen molar-refractivity contribution in [3.05, 3.63) is 35.4 Å². The summed E-state index contributed by atoms with van der Waals surface area (Å²) in [4.78, 5) is 23.1. The molecule has 0 aromatic heterocycles. The molecule has 3 nitrogen and oxygen atoms in total. The van der Waals surface area contributed by atoms with Crippen LogP contribution in [0.4, 0.5) is 13.2 Å². The molecule has 0 saturated carbocycles. The smallest absolute Gasteiger partial charge is 0.323 e. The normalized spacial score (nSPS) is 15.7. The zero-order valence-corrected chi connectivity index (χ0v) is 8.62. The molecule has 0 saturated heterocycles. The highest BCUT2D eigenvalue weighted by molar-refractivity contribution is 6.02. The van der Waals surface area contributed by atoms with Gasteiger partial charge in [0, 0.05) is 12.1 Å². The Morgan fingerprint density at radius 2 is 1.82 bits per heavy atom. The summed E-state index contributed by atoms with van der Waals surface area (Å²) in [5.41, 5.74) is 0.833. The van der Waals surface area contributed by atoms with E-state index in [4.69, 9.17) is 0 Å². The van der Waals surface area contributed by atoms with Crippen LogP contribution < -0.4 is 0 Å². The number of fused-ring (bicyclic) bond motifs is 1. The van der Waals surface area contributed by atoms with E-state index in [1.165, 1.54) is 0 Å². The van der Waals surface area contributed by atoms with E-state index in [9.17, 15) is 22.8 Å². The van der Waals surface area contributed by atoms with Gasteiger partial charge < -0.3 is 4.90 Å². The lowest BCUT2D eigenvalue weighted by Crippen LogP contribution is -2.45. The summed E-state index contributed by atoms with van der Waals surface area (Å²) in [5, 5.41) is 0. The van der Waals surface area contributed by atoms with Crippen LogP contribution in [-0.2, 0) is 11.3 Å². The number of rotatable bonds is 0. The van der Waals surface area contributed by atoms with E-state index in [1.54, 1.807) is 24.3 Å². The molecule has 2 rings (SSSR count). The molecule has 0 aliphatic carbocycles. The molecule has 6 heteroatoms. The van der Waals surface area contributed by atoms with Gasteiger partial charge in [-0.2, -0.15) is 13.2 Å². The minimum absolute atomic E-state index is 0.180. The van der Waals surface area contributed by atoms with Crippen LogP contribution in [0, 0.1) is 0 Å². The van der Waals surface area contributed by atoms with Crippen LogP contribution in [-0.4, -0.2) is 29.3 Å². The second kappa shape index (κ2) is 3.87. The van der Waals surface area contributed by atoms with E-state index in [1.807, 2.05) is 0 Å². The first-order valence-corrected chi connectivity index (χ1v) is 4.87. The number of carbonyl (C=O) groups excluding carboxylic acids is 2. The van der Waals surface area contributed by atoms with Gasteiger partial charge in [0.2, 0.25) is 0 Å². The number of amides is 1. The number of ketones is 1. The molecule has 1 aromatic rings. The first-order valence-electron chi connectivity index (χ1n) is 4.87. The van der Waals surface area contributed by atoms with Gasteiger partial charge in [0.05, 0.1) is 6.54 Å². The quantitative estimate of drug-likeness (QED) is 0.696. The third kappa shape index (κ3) is 2.15. The summed E-state index contributed by atoms with van der Waals surface area (Å²) in [5.74, 6) is -2.44. The minimum Gasteiger partial charge on any atom is -0.323 e. The zero-order chi connectivity index (χ0) is 12.6. The molecule has 0 unspecified atom stereocenters. The van der Waals surface area contributed by atoms with Crippen LogP contribution in [0.2, 0.25) is 0 Å². The van der Waals surface area contributed by atoms with Crippen LogP contribution in [0.3, 0.4) is 0 Å². The Kier molecular flexibility index (Phi) is 2.65. The van der Waals surface area contributed by atoms with Gasteiger partial charge in [-0.1, -0.05) is 24.3 Å². The number of nitrogens with zero attached hydrogens (tertiary/aromatic N) is 1. The van der Waals surface area contributed by atoms with Gasteiger partial charge in [0.15, 0.2) is 5.78 Å². The zero-order valence-electron chi connectivity index (χ0n) is 8.62. The second-order valence-corrected chi connectivity index (χ2v) is 3.74. The van der Waals surface area contributed by atoms with Gasteiger partial charge in [-0.3, -0.25) is 9.59 Å². The predicted octanol–water partition coefficient (Wildman–Crippen LogP) is 1.77. The molecule has 90 valence electrons. The van der Waals surface area contributed by atoms with Gasteiger partial charge in [-0.25, -0.2) is 0 Å². The van der Waals surface area contributed by atoms with Crippen molar-refractivity contribution in [2.24, 2.45) is 0 Å². The highest BCUT2D eigenvalue weighted by Crippen LogP contribution is 2.24. The number of carbonyl (C=O) groups is 2. The van der Waals surface area contributed by atoms with Crippen LogP contribution in [0.25, 0.3) is 0 Å². The van der Waals surface area contributed by atoms with Crippen molar-refractivity contribution in [3.8, 4) is 0 Å². The van der Waals surface area contributed by atoms with E-state index in [2.05, 4.69) is 0 Å². The monoisotopic (exact) mass is 243 g/mol. The summed E-state index contributed by atoms with van der Waals surface area (Å²) in [6, 6.07) is 6.35. The Hall–Kier alpha value is -1.85. The number of benzene rings is 1. The molecule has 0 atom stereocenters. The summed E-state index contributed by atoms with van der Waals surface area (Å²) < 4.78 is 36.7. The lowest BCUT2D eigenvalue weighted by Gasteiger charge is -2.28. The van der Waals surface area contributed by atoms with E-state index in [-0.39, 0.29) is 6.54 Å². The van der Waals surface area contributed by atoms with Crippen molar-refractivity contribution in [3.63, 3.8) is 0 Å². The predicted molar refractivity (Wildman–Crippen MR) is 52.2 cm³/mol. The third-order valence-corrected chi connectivity index (χ3v) is 2.54. The van der Waals surface area contributed by atoms with Crippen molar-refractivity contribution in [1.82, 2.24) is 4.90 Å². The minimum atomic E-state index is -4.94. The van der Waals surface area contributed by atoms with E-state index < -0.39 is 24.4 Å². The molecule has 1 aliphatic heterocycles. The standard InChI is InChI=1S/C11H8F3NO2/c12-11(13,14)10(17)15-5-7-3-1-2-4-8(7)9(16)6-15/h1-4H,5-6H2. The van der Waals surface area contributed by atoms with Crippen molar-refractivity contribution < 1.29 is 22.8 Å². The Morgan fingerprint density at radius 3 is 2.47 bits per heavy atom. The fraction of sp³-hybridized carbons (Fsp3) is 0.273. The number of Topliss-reactive ketones (excluding diaryl/α,β-unsaturated/α-hetero) is 1. The Morgan fingerprint density at radius 1 is 1.18 bits per heavy atom. The summed E-state index contributed by atoms with van der Waals surface area (Å²) in [7, 11) is 0. The van der Waals surface area contributed by atoms with E-state index >= 15 is 0 Å². The molecule has 1 aliphatic rings. The van der Waals surface area contributed by atoms with Gasteiger partial charge >= 0.3 is 12.1 Å². The maximum atomic E-state index is 12.2. The summed E-state index contributed by atoms with van der Waals surface area (Å²) in [6.07, 6.45) is -4.94. The molecular weight excluding hydrogens is 235 g/mol. The second-order valence-electron chi connectivity index (χ2n) is 3.74. The third-order valence-electron chi connectivity index (χ3n) is 2.54. The number of hydrogen-bond acceptors (Lipinski definition) is 2. The van der Waals surface area contributed by atoms with Crippen LogP contribution >= 0.6 is 0 Å². The van der Waals surface area contributed by atoms with Crippen molar-refractivity contribution in [1.29, 1.82) is 0 Å². The van der Waals surface area contributed by atoms with Gasteiger partial charge in [0.1, 0.15) is 0 Å². The Labute approximate surface area is 94.8 Å². The lowest BCUT2D eigenvalue weighted by molar-refractivity contribution is -0.185. The number of hydrogen-bond donors (Lipinski definition) is 0. The molecular formula is C11H8F3NO2. The highest BCUT2D eigenvalue weighted by atomic mass is 19.4. The molecule has 0 spiro atoms. The van der Waals surface area contributed by atoms with Crippen LogP contribution in [0.15, 0.2) is 24.3 Å². The van der Waals surface area contributed by atoms with Crippen molar-refractivity contribution in [2.75, 3.05) is 6.54 Å². The molecule has 1 amide bonds. The summed E-state index contributed by atoms with van der Waals surface area (Å²) in [6.45, 7) is -0.699. The van der Waals surface area contributed by atoms with Crippen molar-refractivity contribution >= 4 is 11.7 Å². The first-order chi connectivity index (χ1) is 7.89. The Balaban J connectivity index is 2.29.